The van der Waals surface area contributed by atoms with Gasteiger partial charge in [0.2, 0.25) is 5.91 Å². The third kappa shape index (κ3) is 2.67. The lowest BCUT2D eigenvalue weighted by atomic mass is 9.99. The maximum Gasteiger partial charge on any atom is 0.226 e. The zero-order valence-corrected chi connectivity index (χ0v) is 11.6. The third-order valence-electron chi connectivity index (χ3n) is 3.89. The van der Waals surface area contributed by atoms with Gasteiger partial charge in [0.1, 0.15) is 5.69 Å². The van der Waals surface area contributed by atoms with Gasteiger partial charge in [-0.3, -0.25) is 4.79 Å². The number of carbonyl (C=O) groups is 1. The molecule has 2 aromatic rings. The summed E-state index contributed by atoms with van der Waals surface area (Å²) in [5.41, 5.74) is 1.43. The fourth-order valence-corrected chi connectivity index (χ4v) is 2.72. The molecule has 1 aromatic carbocycles. The van der Waals surface area contributed by atoms with Crippen LogP contribution in [-0.4, -0.2) is 29.7 Å². The Morgan fingerprint density at radius 1 is 1.50 bits per heavy atom. The fraction of sp³-hybridized carbons (Fsp3) is 0.467. The number of hydrogen-bond donors (Lipinski definition) is 2. The Bertz CT molecular complexity index is 608. The summed E-state index contributed by atoms with van der Waals surface area (Å²) in [5.74, 6) is 0.00426. The molecule has 20 heavy (non-hydrogen) atoms. The van der Waals surface area contributed by atoms with Crippen molar-refractivity contribution >= 4 is 16.9 Å². The van der Waals surface area contributed by atoms with Crippen molar-refractivity contribution in [3.63, 3.8) is 0 Å². The molecule has 106 valence electrons. The highest BCUT2D eigenvalue weighted by atomic mass is 16.5. The summed E-state index contributed by atoms with van der Waals surface area (Å²) in [6.07, 6.45) is 2.39. The molecule has 0 saturated carbocycles. The summed E-state index contributed by atoms with van der Waals surface area (Å²) >= 11 is 0. The van der Waals surface area contributed by atoms with Crippen LogP contribution in [0.15, 0.2) is 28.8 Å². The molecule has 1 aliphatic heterocycles. The molecular formula is C15H19N3O2. The third-order valence-corrected chi connectivity index (χ3v) is 3.89. The van der Waals surface area contributed by atoms with Crippen LogP contribution >= 0.6 is 0 Å². The van der Waals surface area contributed by atoms with E-state index in [1.165, 1.54) is 0 Å². The molecule has 2 heterocycles. The Balaban J connectivity index is 1.66. The van der Waals surface area contributed by atoms with Crippen LogP contribution in [-0.2, 0) is 11.2 Å². The Morgan fingerprint density at radius 3 is 3.20 bits per heavy atom. The first kappa shape index (κ1) is 13.1. The Hall–Kier alpha value is -1.88. The van der Waals surface area contributed by atoms with Crippen molar-refractivity contribution in [1.29, 1.82) is 0 Å². The fourth-order valence-electron chi connectivity index (χ4n) is 2.72. The topological polar surface area (TPSA) is 67.2 Å². The molecule has 0 spiro atoms. The van der Waals surface area contributed by atoms with Crippen molar-refractivity contribution in [1.82, 2.24) is 15.8 Å². The number of piperidine rings is 1. The highest BCUT2D eigenvalue weighted by molar-refractivity contribution is 5.86. The van der Waals surface area contributed by atoms with E-state index in [1.807, 2.05) is 24.3 Å². The number of nitrogens with one attached hydrogen (secondary N) is 2. The van der Waals surface area contributed by atoms with E-state index in [0.29, 0.717) is 11.7 Å². The SMILES string of the molecule is CC1NCCCC1NC(=O)Cc1noc2ccccc12. The van der Waals surface area contributed by atoms with Crippen LogP contribution in [0.25, 0.3) is 11.0 Å². The number of hydrogen-bond acceptors (Lipinski definition) is 4. The molecule has 1 saturated heterocycles. The van der Waals surface area contributed by atoms with Crippen LogP contribution in [0.5, 0.6) is 0 Å². The van der Waals surface area contributed by atoms with Gasteiger partial charge in [0, 0.05) is 17.5 Å². The predicted molar refractivity (Wildman–Crippen MR) is 76.3 cm³/mol. The zero-order chi connectivity index (χ0) is 13.9. The second-order valence-electron chi connectivity index (χ2n) is 5.36. The standard InChI is InChI=1S/C15H19N3O2/c1-10-12(6-4-8-16-10)17-15(19)9-13-11-5-2-3-7-14(11)20-18-13/h2-3,5,7,10,12,16H,4,6,8-9H2,1H3,(H,17,19). The van der Waals surface area contributed by atoms with Crippen molar-refractivity contribution in [3.05, 3.63) is 30.0 Å². The molecule has 2 unspecified atom stereocenters. The number of para-hydroxylation sites is 1. The quantitative estimate of drug-likeness (QED) is 0.892. The molecule has 5 nitrogen and oxygen atoms in total. The highest BCUT2D eigenvalue weighted by Crippen LogP contribution is 2.18. The van der Waals surface area contributed by atoms with Gasteiger partial charge in [-0.15, -0.1) is 0 Å². The smallest absolute Gasteiger partial charge is 0.226 e. The number of fused-ring (bicyclic) bond motifs is 1. The Labute approximate surface area is 117 Å². The van der Waals surface area contributed by atoms with E-state index in [4.69, 9.17) is 4.52 Å². The summed E-state index contributed by atoms with van der Waals surface area (Å²) in [4.78, 5) is 12.1. The molecule has 0 bridgehead atoms. The largest absolute Gasteiger partial charge is 0.356 e. The molecule has 0 aliphatic carbocycles. The first-order chi connectivity index (χ1) is 9.74. The summed E-state index contributed by atoms with van der Waals surface area (Å²) < 4.78 is 5.22. The number of amides is 1. The average Bonchev–Trinajstić information content (AvgIpc) is 2.85. The number of rotatable bonds is 3. The molecule has 1 amide bonds. The lowest BCUT2D eigenvalue weighted by molar-refractivity contribution is -0.121. The monoisotopic (exact) mass is 273 g/mol. The van der Waals surface area contributed by atoms with Crippen LogP contribution in [0.3, 0.4) is 0 Å². The number of nitrogens with zero attached hydrogens (tertiary/aromatic N) is 1. The maximum absolute atomic E-state index is 12.1. The van der Waals surface area contributed by atoms with Crippen molar-refractivity contribution in [2.75, 3.05) is 6.54 Å². The van der Waals surface area contributed by atoms with Crippen molar-refractivity contribution in [2.24, 2.45) is 0 Å². The van der Waals surface area contributed by atoms with E-state index in [0.717, 1.165) is 30.4 Å². The van der Waals surface area contributed by atoms with E-state index < -0.39 is 0 Å². The highest BCUT2D eigenvalue weighted by Gasteiger charge is 2.23. The average molecular weight is 273 g/mol. The summed E-state index contributed by atoms with van der Waals surface area (Å²) in [6.45, 7) is 3.14. The van der Waals surface area contributed by atoms with Crippen LogP contribution in [0.1, 0.15) is 25.5 Å². The van der Waals surface area contributed by atoms with E-state index in [-0.39, 0.29) is 18.4 Å². The van der Waals surface area contributed by atoms with Gasteiger partial charge in [-0.05, 0) is 38.4 Å². The first-order valence-corrected chi connectivity index (χ1v) is 7.10. The number of aromatic nitrogens is 1. The van der Waals surface area contributed by atoms with Gasteiger partial charge < -0.3 is 15.2 Å². The second kappa shape index (κ2) is 5.63. The molecular weight excluding hydrogens is 254 g/mol. The number of carbonyl (C=O) groups excluding carboxylic acids is 1. The molecule has 5 heteroatoms. The molecule has 0 radical (unpaired) electrons. The predicted octanol–water partition coefficient (Wildman–Crippen LogP) is 1.63. The van der Waals surface area contributed by atoms with Gasteiger partial charge >= 0.3 is 0 Å². The lowest BCUT2D eigenvalue weighted by Crippen LogP contribution is -2.52. The minimum atomic E-state index is 0.00426. The molecule has 1 fully saturated rings. The minimum Gasteiger partial charge on any atom is -0.356 e. The zero-order valence-electron chi connectivity index (χ0n) is 11.6. The van der Waals surface area contributed by atoms with Gasteiger partial charge in [0.15, 0.2) is 5.58 Å². The van der Waals surface area contributed by atoms with Crippen LogP contribution < -0.4 is 10.6 Å². The van der Waals surface area contributed by atoms with Crippen LogP contribution in [0, 0.1) is 0 Å². The molecule has 2 N–H and O–H groups in total. The summed E-state index contributed by atoms with van der Waals surface area (Å²) in [6, 6.07) is 8.13. The lowest BCUT2D eigenvalue weighted by Gasteiger charge is -2.30. The Morgan fingerprint density at radius 2 is 2.35 bits per heavy atom. The van der Waals surface area contributed by atoms with Gasteiger partial charge in [-0.1, -0.05) is 17.3 Å². The molecule has 1 aliphatic rings. The molecule has 2 atom stereocenters. The van der Waals surface area contributed by atoms with Crippen molar-refractivity contribution < 1.29 is 9.32 Å². The summed E-state index contributed by atoms with van der Waals surface area (Å²) in [7, 11) is 0. The normalized spacial score (nSPS) is 22.9. The van der Waals surface area contributed by atoms with Crippen molar-refractivity contribution in [2.45, 2.75) is 38.3 Å². The van der Waals surface area contributed by atoms with E-state index >= 15 is 0 Å². The van der Waals surface area contributed by atoms with E-state index in [2.05, 4.69) is 22.7 Å². The summed E-state index contributed by atoms with van der Waals surface area (Å²) in [5, 5.41) is 11.4. The van der Waals surface area contributed by atoms with Crippen LogP contribution in [0.2, 0.25) is 0 Å². The first-order valence-electron chi connectivity index (χ1n) is 7.10. The van der Waals surface area contributed by atoms with Gasteiger partial charge in [0.25, 0.3) is 0 Å². The maximum atomic E-state index is 12.1. The van der Waals surface area contributed by atoms with E-state index in [9.17, 15) is 4.79 Å². The minimum absolute atomic E-state index is 0.00426. The van der Waals surface area contributed by atoms with Gasteiger partial charge in [-0.25, -0.2) is 0 Å². The Kier molecular flexibility index (Phi) is 3.69. The van der Waals surface area contributed by atoms with Crippen molar-refractivity contribution in [3.8, 4) is 0 Å². The molecule has 1 aromatic heterocycles. The number of benzene rings is 1. The second-order valence-corrected chi connectivity index (χ2v) is 5.36. The van der Waals surface area contributed by atoms with Gasteiger partial charge in [0.05, 0.1) is 6.42 Å². The van der Waals surface area contributed by atoms with E-state index in [1.54, 1.807) is 0 Å². The van der Waals surface area contributed by atoms with Gasteiger partial charge in [-0.2, -0.15) is 0 Å². The van der Waals surface area contributed by atoms with Crippen LogP contribution in [0.4, 0.5) is 0 Å². The molecule has 3 rings (SSSR count).